The first kappa shape index (κ1) is 14.1. The first-order valence-corrected chi connectivity index (χ1v) is 7.26. The molecular weight excluding hydrogens is 256 g/mol. The van der Waals surface area contributed by atoms with E-state index in [2.05, 4.69) is 41.4 Å². The zero-order valence-corrected chi connectivity index (χ0v) is 12.7. The highest BCUT2D eigenvalue weighted by Gasteiger charge is 2.19. The van der Waals surface area contributed by atoms with Crippen molar-refractivity contribution in [1.82, 2.24) is 20.3 Å². The van der Waals surface area contributed by atoms with E-state index in [9.17, 15) is 0 Å². The van der Waals surface area contributed by atoms with Crippen molar-refractivity contribution in [2.24, 2.45) is 0 Å². The van der Waals surface area contributed by atoms with Gasteiger partial charge in [0, 0.05) is 23.4 Å². The molecule has 0 amide bonds. The topological polar surface area (TPSA) is 50.7 Å². The van der Waals surface area contributed by atoms with Gasteiger partial charge in [-0.25, -0.2) is 15.0 Å². The van der Waals surface area contributed by atoms with Gasteiger partial charge in [-0.2, -0.15) is 0 Å². The average molecular weight is 276 g/mol. The molecule has 2 aromatic rings. The van der Waals surface area contributed by atoms with Gasteiger partial charge in [-0.15, -0.1) is 11.3 Å². The van der Waals surface area contributed by atoms with Gasteiger partial charge in [0.25, 0.3) is 0 Å². The highest BCUT2D eigenvalue weighted by Crippen LogP contribution is 2.26. The third-order valence-electron chi connectivity index (χ3n) is 3.01. The van der Waals surface area contributed by atoms with E-state index in [-0.39, 0.29) is 11.5 Å². The summed E-state index contributed by atoms with van der Waals surface area (Å²) >= 11 is 1.72. The van der Waals surface area contributed by atoms with Gasteiger partial charge in [-0.1, -0.05) is 20.8 Å². The summed E-state index contributed by atoms with van der Waals surface area (Å²) in [7, 11) is 1.95. The Morgan fingerprint density at radius 2 is 2.16 bits per heavy atom. The Kier molecular flexibility index (Phi) is 4.27. The van der Waals surface area contributed by atoms with Crippen LogP contribution in [0.2, 0.25) is 0 Å². The fourth-order valence-corrected chi connectivity index (χ4v) is 2.85. The summed E-state index contributed by atoms with van der Waals surface area (Å²) in [6.07, 6.45) is 4.21. The first-order valence-electron chi connectivity index (χ1n) is 6.39. The maximum atomic E-state index is 4.73. The summed E-state index contributed by atoms with van der Waals surface area (Å²) in [6.45, 7) is 6.56. The van der Waals surface area contributed by atoms with Crippen LogP contribution in [-0.2, 0) is 11.8 Å². The largest absolute Gasteiger partial charge is 0.311 e. The fraction of sp³-hybridized carbons (Fsp3) is 0.500. The van der Waals surface area contributed by atoms with Crippen LogP contribution in [0.25, 0.3) is 0 Å². The zero-order chi connectivity index (χ0) is 13.9. The fourth-order valence-electron chi connectivity index (χ4n) is 1.79. The Morgan fingerprint density at radius 1 is 1.37 bits per heavy atom. The van der Waals surface area contributed by atoms with Crippen LogP contribution >= 0.6 is 11.3 Å². The van der Waals surface area contributed by atoms with Gasteiger partial charge < -0.3 is 5.32 Å². The van der Waals surface area contributed by atoms with E-state index < -0.39 is 0 Å². The Labute approximate surface area is 118 Å². The van der Waals surface area contributed by atoms with Crippen LogP contribution in [0.1, 0.15) is 43.2 Å². The molecular formula is C14H20N4S. The predicted molar refractivity (Wildman–Crippen MR) is 78.4 cm³/mol. The second-order valence-corrected chi connectivity index (χ2v) is 6.50. The SMILES string of the molecule is CNC(Cc1nc(C(C)(C)C)cs1)c1ccncn1. The van der Waals surface area contributed by atoms with Crippen molar-refractivity contribution >= 4 is 11.3 Å². The molecule has 5 heteroatoms. The quantitative estimate of drug-likeness (QED) is 0.933. The number of hydrogen-bond donors (Lipinski definition) is 1. The molecule has 0 fully saturated rings. The lowest BCUT2D eigenvalue weighted by Gasteiger charge is -2.15. The molecule has 0 radical (unpaired) electrons. The van der Waals surface area contributed by atoms with E-state index in [1.165, 1.54) is 0 Å². The van der Waals surface area contributed by atoms with Crippen molar-refractivity contribution in [2.75, 3.05) is 7.05 Å². The van der Waals surface area contributed by atoms with E-state index in [1.54, 1.807) is 23.9 Å². The van der Waals surface area contributed by atoms with E-state index in [0.29, 0.717) is 0 Å². The predicted octanol–water partition coefficient (Wildman–Crippen LogP) is 2.73. The molecule has 0 aliphatic heterocycles. The maximum Gasteiger partial charge on any atom is 0.115 e. The number of thiazole rings is 1. The smallest absolute Gasteiger partial charge is 0.115 e. The highest BCUT2D eigenvalue weighted by atomic mass is 32.1. The molecule has 1 atom stereocenters. The Hall–Kier alpha value is -1.33. The zero-order valence-electron chi connectivity index (χ0n) is 11.8. The normalized spacial score (nSPS) is 13.5. The van der Waals surface area contributed by atoms with Gasteiger partial charge in [0.05, 0.1) is 22.4 Å². The molecule has 1 N–H and O–H groups in total. The highest BCUT2D eigenvalue weighted by molar-refractivity contribution is 7.09. The molecule has 0 bridgehead atoms. The molecule has 19 heavy (non-hydrogen) atoms. The van der Waals surface area contributed by atoms with Crippen molar-refractivity contribution < 1.29 is 0 Å². The molecule has 102 valence electrons. The lowest BCUT2D eigenvalue weighted by molar-refractivity contribution is 0.554. The molecule has 0 saturated carbocycles. The summed E-state index contributed by atoms with van der Waals surface area (Å²) < 4.78 is 0. The van der Waals surface area contributed by atoms with E-state index >= 15 is 0 Å². The summed E-state index contributed by atoms with van der Waals surface area (Å²) in [5, 5.41) is 6.59. The van der Waals surface area contributed by atoms with Crippen LogP contribution in [0.5, 0.6) is 0 Å². The van der Waals surface area contributed by atoms with Crippen molar-refractivity contribution in [3.63, 3.8) is 0 Å². The second-order valence-electron chi connectivity index (χ2n) is 5.56. The number of aromatic nitrogens is 3. The van der Waals surface area contributed by atoms with Gasteiger partial charge >= 0.3 is 0 Å². The number of hydrogen-bond acceptors (Lipinski definition) is 5. The molecule has 0 saturated heterocycles. The van der Waals surface area contributed by atoms with Crippen molar-refractivity contribution in [3.8, 4) is 0 Å². The van der Waals surface area contributed by atoms with Crippen molar-refractivity contribution in [1.29, 1.82) is 0 Å². The van der Waals surface area contributed by atoms with Crippen LogP contribution in [-0.4, -0.2) is 22.0 Å². The molecule has 4 nitrogen and oxygen atoms in total. The standard InChI is InChI=1S/C14H20N4S/c1-14(2,3)12-8-19-13(18-12)7-11(15-4)10-5-6-16-9-17-10/h5-6,8-9,11,15H,7H2,1-4H3. The summed E-state index contributed by atoms with van der Waals surface area (Å²) in [4.78, 5) is 13.0. The van der Waals surface area contributed by atoms with Crippen LogP contribution in [0, 0.1) is 0 Å². The second kappa shape index (κ2) is 5.75. The third kappa shape index (κ3) is 3.58. The molecule has 2 heterocycles. The average Bonchev–Trinajstić information content (AvgIpc) is 2.85. The van der Waals surface area contributed by atoms with Crippen molar-refractivity contribution in [3.05, 3.63) is 40.4 Å². The lowest BCUT2D eigenvalue weighted by Crippen LogP contribution is -2.20. The Morgan fingerprint density at radius 3 is 2.68 bits per heavy atom. The van der Waals surface area contributed by atoms with Gasteiger partial charge in [0.1, 0.15) is 6.33 Å². The van der Waals surface area contributed by atoms with Crippen molar-refractivity contribution in [2.45, 2.75) is 38.6 Å². The van der Waals surface area contributed by atoms with Gasteiger partial charge in [0.15, 0.2) is 0 Å². The molecule has 0 aromatic carbocycles. The summed E-state index contributed by atoms with van der Waals surface area (Å²) in [5.41, 5.74) is 2.27. The van der Waals surface area contributed by atoms with E-state index in [1.807, 2.05) is 13.1 Å². The van der Waals surface area contributed by atoms with Gasteiger partial charge in [-0.3, -0.25) is 0 Å². The molecule has 0 spiro atoms. The minimum Gasteiger partial charge on any atom is -0.311 e. The molecule has 2 rings (SSSR count). The van der Waals surface area contributed by atoms with Crippen LogP contribution < -0.4 is 5.32 Å². The number of rotatable bonds is 4. The van der Waals surface area contributed by atoms with Crippen LogP contribution in [0.3, 0.4) is 0 Å². The minimum atomic E-state index is 0.110. The van der Waals surface area contributed by atoms with Gasteiger partial charge in [0.2, 0.25) is 0 Å². The summed E-state index contributed by atoms with van der Waals surface area (Å²) in [6, 6.07) is 2.13. The molecule has 0 aliphatic rings. The monoisotopic (exact) mass is 276 g/mol. The maximum absolute atomic E-state index is 4.73. The van der Waals surface area contributed by atoms with Gasteiger partial charge in [-0.05, 0) is 13.1 Å². The molecule has 1 unspecified atom stereocenters. The number of likely N-dealkylation sites (N-methyl/N-ethyl adjacent to an activating group) is 1. The molecule has 0 aliphatic carbocycles. The van der Waals surface area contributed by atoms with Crippen LogP contribution in [0.4, 0.5) is 0 Å². The third-order valence-corrected chi connectivity index (χ3v) is 3.88. The summed E-state index contributed by atoms with van der Waals surface area (Å²) in [5.74, 6) is 0. The van der Waals surface area contributed by atoms with E-state index in [0.717, 1.165) is 22.8 Å². The minimum absolute atomic E-state index is 0.110. The lowest BCUT2D eigenvalue weighted by atomic mass is 9.93. The number of nitrogens with zero attached hydrogens (tertiary/aromatic N) is 3. The molecule has 2 aromatic heterocycles. The van der Waals surface area contributed by atoms with Crippen LogP contribution in [0.15, 0.2) is 24.0 Å². The first-order chi connectivity index (χ1) is 9.00. The Balaban J connectivity index is 2.13. The Bertz CT molecular complexity index is 516. The van der Waals surface area contributed by atoms with E-state index in [4.69, 9.17) is 4.98 Å². The number of nitrogens with one attached hydrogen (secondary N) is 1.